The number of aromatic amines is 1. The fourth-order valence-corrected chi connectivity index (χ4v) is 0.864. The Morgan fingerprint density at radius 2 is 2.33 bits per heavy atom. The maximum absolute atomic E-state index is 7.48. The Balaban J connectivity index is 2.96. The van der Waals surface area contributed by atoms with Crippen molar-refractivity contribution in [3.05, 3.63) is 36.6 Å². The highest BCUT2D eigenvalue weighted by Crippen LogP contribution is 2.10. The lowest BCUT2D eigenvalue weighted by Crippen LogP contribution is -1.57. The van der Waals surface area contributed by atoms with Crippen molar-refractivity contribution in [2.75, 3.05) is 0 Å². The Labute approximate surface area is 56.1 Å². The summed E-state index contributed by atoms with van der Waals surface area (Å²) in [6.07, 6.45) is 2.07. The van der Waals surface area contributed by atoms with Crippen LogP contribution in [0.1, 0.15) is 2.74 Å². The third-order valence-electron chi connectivity index (χ3n) is 1.31. The predicted octanol–water partition coefficient (Wildman–Crippen LogP) is 2.17. The summed E-state index contributed by atoms with van der Waals surface area (Å²) in [5.74, 6) is 0. The van der Waals surface area contributed by atoms with Gasteiger partial charge in [-0.2, -0.15) is 0 Å². The Morgan fingerprint density at radius 1 is 1.33 bits per heavy atom. The van der Waals surface area contributed by atoms with E-state index in [9.17, 15) is 0 Å². The molecule has 1 aromatic carbocycles. The second-order valence-electron chi connectivity index (χ2n) is 1.91. The largest absolute Gasteiger partial charge is 0.366 e. The van der Waals surface area contributed by atoms with Gasteiger partial charge in [-0.1, -0.05) is 24.2 Å². The summed E-state index contributed by atoms with van der Waals surface area (Å²) < 4.78 is 14.9. The lowest BCUT2D eigenvalue weighted by atomic mass is 10.2. The van der Waals surface area contributed by atoms with E-state index in [-0.39, 0.29) is 0 Å². The predicted molar refractivity (Wildman–Crippen MR) is 38.3 cm³/mol. The number of benzene rings is 1. The van der Waals surface area contributed by atoms with Crippen LogP contribution in [-0.4, -0.2) is 4.98 Å². The summed E-state index contributed by atoms with van der Waals surface area (Å²) in [6.45, 7) is 0. The molecule has 44 valence electrons. The average molecular weight is 119 g/mol. The molecule has 1 heteroatoms. The summed E-state index contributed by atoms with van der Waals surface area (Å²) >= 11 is 0. The number of fused-ring (bicyclic) bond motifs is 1. The number of hydrogen-bond acceptors (Lipinski definition) is 0. The molecule has 0 spiro atoms. The van der Waals surface area contributed by atoms with Crippen LogP contribution in [0.3, 0.4) is 0 Å². The first kappa shape index (κ1) is 3.06. The smallest absolute Gasteiger partial charge is 0.0822 e. The summed E-state index contributed by atoms with van der Waals surface area (Å²) in [6, 6.07) is 5.81. The van der Waals surface area contributed by atoms with Gasteiger partial charge in [-0.15, -0.1) is 0 Å². The molecular formula is C8H7N. The molecule has 1 N–H and O–H groups in total. The van der Waals surface area contributed by atoms with Crippen LogP contribution >= 0.6 is 0 Å². The Bertz CT molecular complexity index is 392. The first-order valence-corrected chi connectivity index (χ1v) is 2.82. The Kier molecular flexibility index (Phi) is 0.552. The standard InChI is InChI=1S/C8H7N/c1-2-4-8-6-9-5-7(8)3-1/h1-6,9H/i3D,5D. The maximum Gasteiger partial charge on any atom is 0.0822 e. The van der Waals surface area contributed by atoms with Crippen LogP contribution in [-0.2, 0) is 0 Å². The molecule has 0 bridgehead atoms. The van der Waals surface area contributed by atoms with Gasteiger partial charge < -0.3 is 4.98 Å². The van der Waals surface area contributed by atoms with E-state index < -0.39 is 0 Å². The highest BCUT2D eigenvalue weighted by Gasteiger charge is 1.86. The summed E-state index contributed by atoms with van der Waals surface area (Å²) in [5.41, 5.74) is 0. The van der Waals surface area contributed by atoms with Crippen LogP contribution < -0.4 is 0 Å². The van der Waals surface area contributed by atoms with Crippen molar-refractivity contribution in [1.82, 2.24) is 4.98 Å². The zero-order chi connectivity index (χ0) is 7.84. The van der Waals surface area contributed by atoms with Gasteiger partial charge in [-0.25, -0.2) is 0 Å². The van der Waals surface area contributed by atoms with Crippen LogP contribution in [0.2, 0.25) is 0 Å². The number of hydrogen-bond donors (Lipinski definition) is 1. The molecule has 0 saturated heterocycles. The molecule has 1 nitrogen and oxygen atoms in total. The lowest BCUT2D eigenvalue weighted by molar-refractivity contribution is 1.43. The Morgan fingerprint density at radius 3 is 3.22 bits per heavy atom. The highest BCUT2D eigenvalue weighted by atomic mass is 14.6. The SMILES string of the molecule is [2H]c1cccc2c[nH]c([2H])c12. The Hall–Kier alpha value is -1.24. The minimum Gasteiger partial charge on any atom is -0.366 e. The third kappa shape index (κ3) is 0.617. The number of aromatic nitrogens is 1. The molecule has 9 heavy (non-hydrogen) atoms. The second kappa shape index (κ2) is 1.62. The zero-order valence-corrected chi connectivity index (χ0v) is 4.81. The van der Waals surface area contributed by atoms with E-state index in [0.29, 0.717) is 17.6 Å². The van der Waals surface area contributed by atoms with Crippen molar-refractivity contribution in [2.24, 2.45) is 0 Å². The maximum atomic E-state index is 7.48. The molecule has 0 unspecified atom stereocenters. The van der Waals surface area contributed by atoms with Gasteiger partial charge in [0.25, 0.3) is 0 Å². The summed E-state index contributed by atoms with van der Waals surface area (Å²) in [4.78, 5) is 2.76. The molecule has 2 rings (SSSR count). The van der Waals surface area contributed by atoms with E-state index in [1.807, 2.05) is 12.1 Å². The molecule has 0 atom stereocenters. The van der Waals surface area contributed by atoms with E-state index >= 15 is 0 Å². The molecule has 0 aliphatic carbocycles. The second-order valence-corrected chi connectivity index (χ2v) is 1.91. The molecule has 0 fully saturated rings. The summed E-state index contributed by atoms with van der Waals surface area (Å²) in [5, 5.41) is 1.63. The van der Waals surface area contributed by atoms with Crippen LogP contribution in [0.25, 0.3) is 10.8 Å². The average Bonchev–Trinajstić information content (AvgIpc) is 2.34. The third-order valence-corrected chi connectivity index (χ3v) is 1.31. The zero-order valence-electron chi connectivity index (χ0n) is 6.81. The molecule has 1 aromatic heterocycles. The summed E-state index contributed by atoms with van der Waals surface area (Å²) in [7, 11) is 0. The molecule has 0 saturated carbocycles. The molecule has 0 aliphatic rings. The van der Waals surface area contributed by atoms with Gasteiger partial charge in [0.15, 0.2) is 0 Å². The van der Waals surface area contributed by atoms with Crippen molar-refractivity contribution < 1.29 is 2.74 Å². The normalized spacial score (nSPS) is 13.3. The topological polar surface area (TPSA) is 15.8 Å². The fraction of sp³-hybridized carbons (Fsp3) is 0. The van der Waals surface area contributed by atoms with Gasteiger partial charge in [-0.3, -0.25) is 0 Å². The van der Waals surface area contributed by atoms with Crippen LogP contribution in [0, 0.1) is 0 Å². The van der Waals surface area contributed by atoms with Crippen molar-refractivity contribution >= 4 is 10.8 Å². The molecule has 2 aromatic rings. The van der Waals surface area contributed by atoms with Gasteiger partial charge in [0, 0.05) is 12.4 Å². The van der Waals surface area contributed by atoms with Crippen LogP contribution in [0.5, 0.6) is 0 Å². The van der Waals surface area contributed by atoms with Crippen molar-refractivity contribution in [1.29, 1.82) is 0 Å². The minimum absolute atomic E-state index is 0.325. The van der Waals surface area contributed by atoms with Gasteiger partial charge >= 0.3 is 0 Å². The molecular weight excluding hydrogens is 110 g/mol. The lowest BCUT2D eigenvalue weighted by Gasteiger charge is -1.81. The number of H-pyrrole nitrogens is 1. The quantitative estimate of drug-likeness (QED) is 0.547. The van der Waals surface area contributed by atoms with Crippen molar-refractivity contribution in [3.63, 3.8) is 0 Å². The van der Waals surface area contributed by atoms with Gasteiger partial charge in [0.1, 0.15) is 0 Å². The van der Waals surface area contributed by atoms with E-state index in [2.05, 4.69) is 4.98 Å². The molecule has 0 aliphatic heterocycles. The number of nitrogens with one attached hydrogen (secondary N) is 1. The van der Waals surface area contributed by atoms with Crippen LogP contribution in [0.4, 0.5) is 0 Å². The minimum atomic E-state index is 0.325. The van der Waals surface area contributed by atoms with Gasteiger partial charge in [-0.05, 0) is 10.8 Å². The first-order chi connectivity index (χ1) is 5.29. The van der Waals surface area contributed by atoms with Crippen LogP contribution in [0.15, 0.2) is 36.6 Å². The van der Waals surface area contributed by atoms with E-state index in [1.165, 1.54) is 0 Å². The molecule has 1 heterocycles. The first-order valence-electron chi connectivity index (χ1n) is 3.82. The van der Waals surface area contributed by atoms with E-state index in [0.717, 1.165) is 5.39 Å². The van der Waals surface area contributed by atoms with Crippen molar-refractivity contribution in [2.45, 2.75) is 0 Å². The monoisotopic (exact) mass is 119 g/mol. The van der Waals surface area contributed by atoms with E-state index in [4.69, 9.17) is 2.74 Å². The fourth-order valence-electron chi connectivity index (χ4n) is 0.864. The van der Waals surface area contributed by atoms with Gasteiger partial charge in [0.2, 0.25) is 0 Å². The van der Waals surface area contributed by atoms with Crippen molar-refractivity contribution in [3.8, 4) is 0 Å². The molecule has 0 amide bonds. The van der Waals surface area contributed by atoms with Gasteiger partial charge in [0.05, 0.1) is 2.74 Å². The number of rotatable bonds is 0. The van der Waals surface area contributed by atoms with E-state index in [1.54, 1.807) is 12.3 Å². The molecule has 0 radical (unpaired) electrons. The highest BCUT2D eigenvalue weighted by molar-refractivity contribution is 5.81.